The average molecular weight is 473 g/mol. The molecule has 0 aliphatic carbocycles. The molecule has 2 aromatic carbocycles. The number of carbonyl (C=O) groups excluding carboxylic acids is 2. The molecule has 35 heavy (non-hydrogen) atoms. The summed E-state index contributed by atoms with van der Waals surface area (Å²) in [4.78, 5) is 32.3. The maximum atomic E-state index is 13.2. The Morgan fingerprint density at radius 1 is 1.09 bits per heavy atom. The molecule has 0 saturated carbocycles. The molecule has 1 amide bonds. The minimum Gasteiger partial charge on any atom is -0.507 e. The van der Waals surface area contributed by atoms with E-state index in [1.165, 1.54) is 4.90 Å². The van der Waals surface area contributed by atoms with Crippen LogP contribution in [0.25, 0.3) is 5.76 Å². The zero-order chi connectivity index (χ0) is 24.9. The lowest BCUT2D eigenvalue weighted by Gasteiger charge is -2.24. The number of rotatable bonds is 8. The van der Waals surface area contributed by atoms with Gasteiger partial charge in [-0.3, -0.25) is 14.6 Å². The first kappa shape index (κ1) is 24.0. The molecule has 0 bridgehead atoms. The third-order valence-corrected chi connectivity index (χ3v) is 5.91. The lowest BCUT2D eigenvalue weighted by atomic mass is 9.97. The zero-order valence-corrected chi connectivity index (χ0v) is 20.0. The Bertz CT molecular complexity index is 1270. The van der Waals surface area contributed by atoms with Gasteiger partial charge in [-0.2, -0.15) is 0 Å². The van der Waals surface area contributed by atoms with E-state index >= 15 is 0 Å². The van der Waals surface area contributed by atoms with Crippen LogP contribution in [0.15, 0.2) is 72.4 Å². The number of aromatic nitrogens is 1. The van der Waals surface area contributed by atoms with Gasteiger partial charge in [-0.1, -0.05) is 25.1 Å². The number of ketones is 1. The number of aliphatic hydroxyl groups excluding tert-OH is 1. The van der Waals surface area contributed by atoms with Crippen molar-refractivity contribution in [1.29, 1.82) is 0 Å². The SMILES string of the molecule is CCCOc1ccc(/C(O)=C2/C(=O)C(=O)N(Cc3cccc(OC)c3)C2c2ccccn2)cc1C. The maximum absolute atomic E-state index is 13.2. The van der Waals surface area contributed by atoms with Gasteiger partial charge in [0.2, 0.25) is 0 Å². The van der Waals surface area contributed by atoms with Gasteiger partial charge in [-0.15, -0.1) is 0 Å². The fraction of sp³-hybridized carbons (Fsp3) is 0.250. The fourth-order valence-corrected chi connectivity index (χ4v) is 4.18. The van der Waals surface area contributed by atoms with E-state index in [2.05, 4.69) is 4.98 Å². The molecule has 0 spiro atoms. The van der Waals surface area contributed by atoms with Crippen LogP contribution in [0.4, 0.5) is 0 Å². The first-order chi connectivity index (χ1) is 16.9. The summed E-state index contributed by atoms with van der Waals surface area (Å²) in [6.07, 6.45) is 2.48. The number of Topliss-reactive ketones (excluding diaryl/α,β-unsaturated/α-hetero) is 1. The Kier molecular flexibility index (Phi) is 7.15. The summed E-state index contributed by atoms with van der Waals surface area (Å²) < 4.78 is 11.0. The van der Waals surface area contributed by atoms with Gasteiger partial charge in [-0.05, 0) is 66.9 Å². The van der Waals surface area contributed by atoms with E-state index in [0.29, 0.717) is 29.4 Å². The Hall–Kier alpha value is -4.13. The van der Waals surface area contributed by atoms with Crippen LogP contribution in [-0.2, 0) is 16.1 Å². The molecule has 7 heteroatoms. The molecule has 1 atom stereocenters. The van der Waals surface area contributed by atoms with Crippen molar-refractivity contribution in [2.24, 2.45) is 0 Å². The van der Waals surface area contributed by atoms with Gasteiger partial charge in [0.05, 0.1) is 25.0 Å². The summed E-state index contributed by atoms with van der Waals surface area (Å²) in [5, 5.41) is 11.3. The molecule has 3 aromatic rings. The van der Waals surface area contributed by atoms with Crippen LogP contribution in [0.3, 0.4) is 0 Å². The van der Waals surface area contributed by atoms with Crippen LogP contribution < -0.4 is 9.47 Å². The monoisotopic (exact) mass is 472 g/mol. The van der Waals surface area contributed by atoms with Crippen molar-refractivity contribution >= 4 is 17.4 Å². The molecule has 180 valence electrons. The van der Waals surface area contributed by atoms with E-state index in [-0.39, 0.29) is 17.9 Å². The summed E-state index contributed by atoms with van der Waals surface area (Å²) in [6, 6.07) is 17.0. The molecule has 1 aliphatic rings. The predicted octanol–water partition coefficient (Wildman–Crippen LogP) is 4.81. The van der Waals surface area contributed by atoms with Crippen molar-refractivity contribution in [3.05, 3.63) is 94.8 Å². The summed E-state index contributed by atoms with van der Waals surface area (Å²) in [7, 11) is 1.57. The molecule has 1 aliphatic heterocycles. The number of hydrogen-bond donors (Lipinski definition) is 1. The van der Waals surface area contributed by atoms with E-state index in [9.17, 15) is 14.7 Å². The highest BCUT2D eigenvalue weighted by Gasteiger charge is 2.46. The van der Waals surface area contributed by atoms with Gasteiger partial charge in [0.1, 0.15) is 23.3 Å². The maximum Gasteiger partial charge on any atom is 0.296 e. The van der Waals surface area contributed by atoms with Crippen LogP contribution in [0, 0.1) is 6.92 Å². The van der Waals surface area contributed by atoms with Crippen LogP contribution in [0.2, 0.25) is 0 Å². The second-order valence-electron chi connectivity index (χ2n) is 8.36. The number of pyridine rings is 1. The van der Waals surface area contributed by atoms with Gasteiger partial charge >= 0.3 is 0 Å². The highest BCUT2D eigenvalue weighted by atomic mass is 16.5. The normalized spacial score (nSPS) is 17.0. The summed E-state index contributed by atoms with van der Waals surface area (Å²) >= 11 is 0. The number of hydrogen-bond acceptors (Lipinski definition) is 6. The second-order valence-corrected chi connectivity index (χ2v) is 8.36. The number of ether oxygens (including phenoxy) is 2. The lowest BCUT2D eigenvalue weighted by molar-refractivity contribution is -0.140. The van der Waals surface area contributed by atoms with E-state index in [0.717, 1.165) is 17.5 Å². The number of amides is 1. The number of methoxy groups -OCH3 is 1. The molecule has 2 heterocycles. The number of aryl methyl sites for hydroxylation is 1. The topological polar surface area (TPSA) is 89.0 Å². The minimum atomic E-state index is -0.835. The lowest BCUT2D eigenvalue weighted by Crippen LogP contribution is -2.29. The molecule has 0 radical (unpaired) electrons. The molecule has 1 saturated heterocycles. The Morgan fingerprint density at radius 2 is 1.91 bits per heavy atom. The van der Waals surface area contributed by atoms with Crippen molar-refractivity contribution in [3.8, 4) is 11.5 Å². The smallest absolute Gasteiger partial charge is 0.296 e. The van der Waals surface area contributed by atoms with E-state index < -0.39 is 17.7 Å². The van der Waals surface area contributed by atoms with Gasteiger partial charge in [0.25, 0.3) is 11.7 Å². The molecular formula is C28H28N2O5. The minimum absolute atomic E-state index is 0.0122. The number of aliphatic hydroxyl groups is 1. The molecule has 4 rings (SSSR count). The summed E-state index contributed by atoms with van der Waals surface area (Å²) in [5.74, 6) is -0.315. The molecular weight excluding hydrogens is 444 g/mol. The summed E-state index contributed by atoms with van der Waals surface area (Å²) in [5.41, 5.74) is 2.56. The van der Waals surface area contributed by atoms with E-state index in [1.54, 1.807) is 49.7 Å². The van der Waals surface area contributed by atoms with Crippen LogP contribution in [-0.4, -0.2) is 40.4 Å². The van der Waals surface area contributed by atoms with Crippen molar-refractivity contribution in [2.75, 3.05) is 13.7 Å². The quantitative estimate of drug-likeness (QED) is 0.288. The van der Waals surface area contributed by atoms with Gasteiger partial charge in [0, 0.05) is 18.3 Å². The highest BCUT2D eigenvalue weighted by molar-refractivity contribution is 6.46. The first-order valence-electron chi connectivity index (χ1n) is 11.5. The van der Waals surface area contributed by atoms with Gasteiger partial charge in [-0.25, -0.2) is 0 Å². The Balaban J connectivity index is 1.79. The third-order valence-electron chi connectivity index (χ3n) is 5.91. The zero-order valence-electron chi connectivity index (χ0n) is 20.0. The molecule has 1 fully saturated rings. The van der Waals surface area contributed by atoms with Crippen molar-refractivity contribution < 1.29 is 24.2 Å². The molecule has 7 nitrogen and oxygen atoms in total. The largest absolute Gasteiger partial charge is 0.507 e. The number of benzene rings is 2. The van der Waals surface area contributed by atoms with Gasteiger partial charge < -0.3 is 19.5 Å². The molecule has 1 unspecified atom stereocenters. The molecule has 1 aromatic heterocycles. The second kappa shape index (κ2) is 10.4. The number of nitrogens with zero attached hydrogens (tertiary/aromatic N) is 2. The number of likely N-dealkylation sites (tertiary alicyclic amines) is 1. The van der Waals surface area contributed by atoms with Crippen molar-refractivity contribution in [1.82, 2.24) is 9.88 Å². The van der Waals surface area contributed by atoms with Crippen LogP contribution in [0.1, 0.15) is 41.8 Å². The Labute approximate surface area is 204 Å². The van der Waals surface area contributed by atoms with Crippen LogP contribution in [0.5, 0.6) is 11.5 Å². The van der Waals surface area contributed by atoms with Crippen molar-refractivity contribution in [2.45, 2.75) is 32.9 Å². The van der Waals surface area contributed by atoms with Crippen molar-refractivity contribution in [3.63, 3.8) is 0 Å². The summed E-state index contributed by atoms with van der Waals surface area (Å²) in [6.45, 7) is 4.64. The Morgan fingerprint density at radius 3 is 2.60 bits per heavy atom. The molecule has 1 N–H and O–H groups in total. The number of carbonyl (C=O) groups is 2. The van der Waals surface area contributed by atoms with Gasteiger partial charge in [0.15, 0.2) is 0 Å². The van der Waals surface area contributed by atoms with E-state index in [1.807, 2.05) is 38.1 Å². The van der Waals surface area contributed by atoms with E-state index in [4.69, 9.17) is 9.47 Å². The van der Waals surface area contributed by atoms with Crippen LogP contribution >= 0.6 is 0 Å². The fourth-order valence-electron chi connectivity index (χ4n) is 4.18. The highest BCUT2D eigenvalue weighted by Crippen LogP contribution is 2.40. The predicted molar refractivity (Wildman–Crippen MR) is 132 cm³/mol. The third kappa shape index (κ3) is 4.89. The average Bonchev–Trinajstić information content (AvgIpc) is 3.13. The standard InChI is InChI=1S/C28H28N2O5/c1-4-14-35-23-12-11-20(15-18(23)2)26(31)24-25(22-10-5-6-13-29-22)30(28(33)27(24)32)17-19-8-7-9-21(16-19)34-3/h5-13,15-16,25,31H,4,14,17H2,1-3H3/b26-24-. The first-order valence-corrected chi connectivity index (χ1v) is 11.5.